The highest BCUT2D eigenvalue weighted by Gasteiger charge is 2.28. The summed E-state index contributed by atoms with van der Waals surface area (Å²) >= 11 is 6.07. The largest absolute Gasteiger partial charge is 0.489 e. The third-order valence-corrected chi connectivity index (χ3v) is 5.57. The first-order chi connectivity index (χ1) is 14.2. The number of fused-ring (bicyclic) bond motifs is 3. The molecule has 0 unspecified atom stereocenters. The Balaban J connectivity index is 1.39. The van der Waals surface area contributed by atoms with E-state index in [4.69, 9.17) is 21.3 Å². The Morgan fingerprint density at radius 3 is 2.66 bits per heavy atom. The van der Waals surface area contributed by atoms with Crippen LogP contribution < -0.4 is 4.74 Å². The van der Waals surface area contributed by atoms with Crippen LogP contribution in [0, 0.1) is 5.82 Å². The summed E-state index contributed by atoms with van der Waals surface area (Å²) < 4.78 is 19.7. The maximum Gasteiger partial charge on any atom is 0.136 e. The van der Waals surface area contributed by atoms with E-state index in [0.717, 1.165) is 30.2 Å². The summed E-state index contributed by atoms with van der Waals surface area (Å²) in [5.41, 5.74) is 4.93. The molecular formula is C24H18ClFN2O. The average Bonchev–Trinajstić information content (AvgIpc) is 3.24. The van der Waals surface area contributed by atoms with Gasteiger partial charge in [0.05, 0.1) is 17.3 Å². The van der Waals surface area contributed by atoms with Gasteiger partial charge in [-0.05, 0) is 53.6 Å². The fourth-order valence-electron chi connectivity index (χ4n) is 3.75. The molecule has 2 aliphatic rings. The molecule has 3 aromatic carbocycles. The number of amidine groups is 1. The van der Waals surface area contributed by atoms with E-state index >= 15 is 0 Å². The van der Waals surface area contributed by atoms with Gasteiger partial charge in [-0.1, -0.05) is 41.9 Å². The Labute approximate surface area is 173 Å². The third kappa shape index (κ3) is 3.30. The zero-order valence-electron chi connectivity index (χ0n) is 15.6. The molecule has 0 atom stereocenters. The number of rotatable bonds is 4. The van der Waals surface area contributed by atoms with Gasteiger partial charge in [-0.15, -0.1) is 0 Å². The van der Waals surface area contributed by atoms with Crippen LogP contribution in [0.2, 0.25) is 5.02 Å². The molecular weight excluding hydrogens is 387 g/mol. The van der Waals surface area contributed by atoms with Crippen LogP contribution in [0.4, 0.5) is 4.39 Å². The van der Waals surface area contributed by atoms with Crippen LogP contribution in [0.25, 0.3) is 11.8 Å². The molecule has 3 aromatic rings. The zero-order chi connectivity index (χ0) is 19.8. The number of halogens is 2. The molecule has 0 bridgehead atoms. The molecule has 0 saturated heterocycles. The molecule has 144 valence electrons. The van der Waals surface area contributed by atoms with E-state index in [0.29, 0.717) is 16.3 Å². The van der Waals surface area contributed by atoms with Crippen molar-refractivity contribution in [2.24, 2.45) is 4.99 Å². The van der Waals surface area contributed by atoms with Gasteiger partial charge in [0.25, 0.3) is 0 Å². The fourth-order valence-corrected chi connectivity index (χ4v) is 3.97. The lowest BCUT2D eigenvalue weighted by atomic mass is 9.97. The summed E-state index contributed by atoms with van der Waals surface area (Å²) in [6, 6.07) is 20.8. The van der Waals surface area contributed by atoms with Gasteiger partial charge in [-0.2, -0.15) is 0 Å². The molecule has 0 saturated carbocycles. The van der Waals surface area contributed by atoms with Crippen molar-refractivity contribution >= 4 is 29.2 Å². The van der Waals surface area contributed by atoms with Crippen LogP contribution in [0.5, 0.6) is 5.75 Å². The molecule has 3 nitrogen and oxygen atoms in total. The summed E-state index contributed by atoms with van der Waals surface area (Å²) in [6.07, 6.45) is 2.20. The molecule has 0 amide bonds. The van der Waals surface area contributed by atoms with Crippen molar-refractivity contribution in [2.45, 2.75) is 6.61 Å². The summed E-state index contributed by atoms with van der Waals surface area (Å²) in [6.45, 7) is 1.76. The third-order valence-electron chi connectivity index (χ3n) is 5.22. The van der Waals surface area contributed by atoms with Gasteiger partial charge in [0.15, 0.2) is 0 Å². The van der Waals surface area contributed by atoms with Gasteiger partial charge in [0, 0.05) is 17.7 Å². The molecule has 0 N–H and O–H groups in total. The minimum Gasteiger partial charge on any atom is -0.489 e. The predicted molar refractivity (Wildman–Crippen MR) is 115 cm³/mol. The Morgan fingerprint density at radius 2 is 1.83 bits per heavy atom. The van der Waals surface area contributed by atoms with E-state index in [1.54, 1.807) is 12.1 Å². The molecule has 0 fully saturated rings. The first kappa shape index (κ1) is 18.0. The molecule has 2 aliphatic heterocycles. The van der Waals surface area contributed by atoms with Crippen LogP contribution in [0.15, 0.2) is 71.7 Å². The minimum atomic E-state index is -0.360. The van der Waals surface area contributed by atoms with Gasteiger partial charge in [-0.3, -0.25) is 4.99 Å². The second kappa shape index (κ2) is 7.37. The van der Waals surface area contributed by atoms with Crippen molar-refractivity contribution in [3.63, 3.8) is 0 Å². The Morgan fingerprint density at radius 1 is 1.00 bits per heavy atom. The molecule has 29 heavy (non-hydrogen) atoms. The summed E-state index contributed by atoms with van der Waals surface area (Å²) in [7, 11) is 0. The van der Waals surface area contributed by atoms with Crippen LogP contribution in [-0.2, 0) is 6.61 Å². The Hall–Kier alpha value is -3.11. The monoisotopic (exact) mass is 404 g/mol. The van der Waals surface area contributed by atoms with E-state index in [2.05, 4.69) is 23.1 Å². The molecule has 2 heterocycles. The second-order valence-electron chi connectivity index (χ2n) is 6.99. The van der Waals surface area contributed by atoms with Gasteiger partial charge in [-0.25, -0.2) is 4.39 Å². The summed E-state index contributed by atoms with van der Waals surface area (Å²) in [4.78, 5) is 6.96. The normalized spacial score (nSPS) is 14.8. The lowest BCUT2D eigenvalue weighted by Gasteiger charge is -2.29. The van der Waals surface area contributed by atoms with E-state index in [1.165, 1.54) is 17.2 Å². The zero-order valence-corrected chi connectivity index (χ0v) is 16.4. The summed E-state index contributed by atoms with van der Waals surface area (Å²) in [5, 5.41) is 0.369. The molecule has 5 rings (SSSR count). The van der Waals surface area contributed by atoms with Gasteiger partial charge in [0.1, 0.15) is 24.0 Å². The SMILES string of the molecule is Fc1cccc(Cl)c1COc1ccc(C2=Cc3ccccc3C3=NCCN23)cc1. The van der Waals surface area contributed by atoms with E-state index in [1.807, 2.05) is 36.4 Å². The number of hydrogen-bond donors (Lipinski definition) is 0. The Kier molecular flexibility index (Phi) is 4.57. The molecule has 0 radical (unpaired) electrons. The first-order valence-electron chi connectivity index (χ1n) is 9.50. The van der Waals surface area contributed by atoms with Crippen molar-refractivity contribution in [3.05, 3.63) is 99.8 Å². The Bertz CT molecular complexity index is 1120. The summed E-state index contributed by atoms with van der Waals surface area (Å²) in [5.74, 6) is 1.34. The van der Waals surface area contributed by atoms with Gasteiger partial charge in [0.2, 0.25) is 0 Å². The second-order valence-corrected chi connectivity index (χ2v) is 7.39. The number of ether oxygens (including phenoxy) is 1. The quantitative estimate of drug-likeness (QED) is 0.562. The van der Waals surface area contributed by atoms with Crippen LogP contribution >= 0.6 is 11.6 Å². The number of benzene rings is 3. The number of nitrogens with zero attached hydrogens (tertiary/aromatic N) is 2. The van der Waals surface area contributed by atoms with Gasteiger partial charge < -0.3 is 9.64 Å². The van der Waals surface area contributed by atoms with E-state index in [-0.39, 0.29) is 12.4 Å². The minimum absolute atomic E-state index is 0.0872. The van der Waals surface area contributed by atoms with Crippen LogP contribution in [-0.4, -0.2) is 23.8 Å². The van der Waals surface area contributed by atoms with Crippen LogP contribution in [0.1, 0.15) is 22.3 Å². The highest BCUT2D eigenvalue weighted by molar-refractivity contribution is 6.31. The topological polar surface area (TPSA) is 24.8 Å². The molecule has 0 aromatic heterocycles. The highest BCUT2D eigenvalue weighted by atomic mass is 35.5. The maximum atomic E-state index is 13.9. The highest BCUT2D eigenvalue weighted by Crippen LogP contribution is 2.34. The smallest absolute Gasteiger partial charge is 0.136 e. The molecule has 0 spiro atoms. The van der Waals surface area contributed by atoms with E-state index in [9.17, 15) is 4.39 Å². The lowest BCUT2D eigenvalue weighted by molar-refractivity contribution is 0.300. The van der Waals surface area contributed by atoms with E-state index < -0.39 is 0 Å². The number of hydrogen-bond acceptors (Lipinski definition) is 3. The van der Waals surface area contributed by atoms with Crippen molar-refractivity contribution in [2.75, 3.05) is 13.1 Å². The molecule has 0 aliphatic carbocycles. The first-order valence-corrected chi connectivity index (χ1v) is 9.88. The van der Waals surface area contributed by atoms with Crippen molar-refractivity contribution < 1.29 is 9.13 Å². The van der Waals surface area contributed by atoms with Crippen molar-refractivity contribution in [3.8, 4) is 5.75 Å². The van der Waals surface area contributed by atoms with Crippen LogP contribution in [0.3, 0.4) is 0 Å². The van der Waals surface area contributed by atoms with Crippen molar-refractivity contribution in [1.82, 2.24) is 4.90 Å². The van der Waals surface area contributed by atoms with Gasteiger partial charge >= 0.3 is 0 Å². The van der Waals surface area contributed by atoms with Crippen molar-refractivity contribution in [1.29, 1.82) is 0 Å². The maximum absolute atomic E-state index is 13.9. The standard InChI is InChI=1S/C24H18ClFN2O/c25-21-6-3-7-22(26)20(21)15-29-18-10-8-16(9-11-18)23-14-17-4-1-2-5-19(17)24-27-12-13-28(23)24/h1-11,14H,12-13,15H2. The number of aliphatic imine (C=N–C) groups is 1. The predicted octanol–water partition coefficient (Wildman–Crippen LogP) is 5.63. The fraction of sp³-hybridized carbons (Fsp3) is 0.125. The lowest BCUT2D eigenvalue weighted by Crippen LogP contribution is -2.30. The average molecular weight is 405 g/mol. The molecule has 5 heteroatoms.